The molecule has 0 spiro atoms. The number of ether oxygens (including phenoxy) is 2. The summed E-state index contributed by atoms with van der Waals surface area (Å²) in [5.41, 5.74) is 1.05. The summed E-state index contributed by atoms with van der Waals surface area (Å²) in [6.07, 6.45) is 0. The lowest BCUT2D eigenvalue weighted by molar-refractivity contribution is -0.119. The number of hydrogen-bond donors (Lipinski definition) is 2. The normalized spacial score (nSPS) is 12.7. The fourth-order valence-electron chi connectivity index (χ4n) is 2.06. The van der Waals surface area contributed by atoms with Crippen molar-refractivity contribution in [1.82, 2.24) is 0 Å². The van der Waals surface area contributed by atoms with Crippen molar-refractivity contribution in [2.75, 3.05) is 23.8 Å². The molecule has 6 nitrogen and oxygen atoms in total. The predicted octanol–water partition coefficient (Wildman–Crippen LogP) is 2.69. The highest BCUT2D eigenvalue weighted by atomic mass is 35.5. The van der Waals surface area contributed by atoms with Crippen LogP contribution in [0.5, 0.6) is 11.5 Å². The molecule has 2 aromatic carbocycles. The van der Waals surface area contributed by atoms with E-state index < -0.39 is 0 Å². The van der Waals surface area contributed by atoms with Crippen molar-refractivity contribution in [3.05, 3.63) is 47.5 Å². The number of fused-ring (bicyclic) bond motifs is 1. The summed E-state index contributed by atoms with van der Waals surface area (Å²) in [7, 11) is 0. The second kappa shape index (κ2) is 6.58. The fourth-order valence-corrected chi connectivity index (χ4v) is 2.25. The Kier molecular flexibility index (Phi) is 4.34. The Morgan fingerprint density at radius 1 is 1.30 bits per heavy atom. The van der Waals surface area contributed by atoms with Crippen molar-refractivity contribution in [2.45, 2.75) is 0 Å². The maximum atomic E-state index is 11.9. The third-order valence-electron chi connectivity index (χ3n) is 3.09. The van der Waals surface area contributed by atoms with Crippen LogP contribution < -0.4 is 20.1 Å². The van der Waals surface area contributed by atoms with Crippen LogP contribution in [0.15, 0.2) is 42.5 Å². The SMILES string of the molecule is O=C(COc1ccccc1Cl)Nc1ccc2c(c1)NC(=O)CO2. The molecule has 0 aromatic heterocycles. The zero-order valence-electron chi connectivity index (χ0n) is 12.0. The van der Waals surface area contributed by atoms with Crippen LogP contribution in [-0.2, 0) is 9.59 Å². The van der Waals surface area contributed by atoms with Crippen LogP contribution >= 0.6 is 11.6 Å². The molecule has 1 aliphatic heterocycles. The highest BCUT2D eigenvalue weighted by Crippen LogP contribution is 2.30. The molecule has 3 rings (SSSR count). The highest BCUT2D eigenvalue weighted by molar-refractivity contribution is 6.32. The number of benzene rings is 2. The number of nitrogens with one attached hydrogen (secondary N) is 2. The van der Waals surface area contributed by atoms with E-state index in [1.165, 1.54) is 0 Å². The van der Waals surface area contributed by atoms with Crippen molar-refractivity contribution in [3.63, 3.8) is 0 Å². The van der Waals surface area contributed by atoms with Crippen molar-refractivity contribution < 1.29 is 19.1 Å². The van der Waals surface area contributed by atoms with Crippen molar-refractivity contribution in [1.29, 1.82) is 0 Å². The van der Waals surface area contributed by atoms with E-state index in [1.54, 1.807) is 42.5 Å². The first kappa shape index (κ1) is 15.2. The largest absolute Gasteiger partial charge is 0.482 e. The molecule has 0 atom stereocenters. The average molecular weight is 333 g/mol. The summed E-state index contributed by atoms with van der Waals surface area (Å²) < 4.78 is 10.6. The number of carbonyl (C=O) groups excluding carboxylic acids is 2. The topological polar surface area (TPSA) is 76.7 Å². The van der Waals surface area contributed by atoms with Gasteiger partial charge in [0, 0.05) is 5.69 Å². The van der Waals surface area contributed by atoms with Crippen LogP contribution in [0.1, 0.15) is 0 Å². The summed E-state index contributed by atoms with van der Waals surface area (Å²) in [4.78, 5) is 23.2. The minimum Gasteiger partial charge on any atom is -0.482 e. The Balaban J connectivity index is 1.61. The molecule has 0 radical (unpaired) electrons. The number of amides is 2. The van der Waals surface area contributed by atoms with Crippen LogP contribution in [0, 0.1) is 0 Å². The van der Waals surface area contributed by atoms with Crippen molar-refractivity contribution in [3.8, 4) is 11.5 Å². The first-order valence-corrected chi connectivity index (χ1v) is 7.23. The molecule has 0 aliphatic carbocycles. The Bertz CT molecular complexity index is 763. The smallest absolute Gasteiger partial charge is 0.262 e. The van der Waals surface area contributed by atoms with Crippen molar-refractivity contribution in [2.24, 2.45) is 0 Å². The van der Waals surface area contributed by atoms with Gasteiger partial charge < -0.3 is 20.1 Å². The lowest BCUT2D eigenvalue weighted by Gasteiger charge is -2.18. The minimum absolute atomic E-state index is 0.00954. The summed E-state index contributed by atoms with van der Waals surface area (Å²) in [6.45, 7) is -0.186. The second-order valence-corrected chi connectivity index (χ2v) is 5.22. The number of hydrogen-bond acceptors (Lipinski definition) is 4. The average Bonchev–Trinajstić information content (AvgIpc) is 2.54. The molecule has 0 saturated carbocycles. The van der Waals surface area contributed by atoms with Gasteiger partial charge in [0.15, 0.2) is 13.2 Å². The first-order chi connectivity index (χ1) is 11.1. The van der Waals surface area contributed by atoms with Crippen LogP contribution in [0.25, 0.3) is 0 Å². The minimum atomic E-state index is -0.340. The molecule has 0 bridgehead atoms. The molecule has 2 aromatic rings. The van der Waals surface area contributed by atoms with E-state index in [-0.39, 0.29) is 25.0 Å². The van der Waals surface area contributed by atoms with Crippen LogP contribution in [0.4, 0.5) is 11.4 Å². The standard InChI is InChI=1S/C16H13ClN2O4/c17-11-3-1-2-4-13(11)22-8-15(20)18-10-5-6-14-12(7-10)19-16(21)9-23-14/h1-7H,8-9H2,(H,18,20)(H,19,21). The van der Waals surface area contributed by atoms with E-state index in [4.69, 9.17) is 21.1 Å². The third kappa shape index (κ3) is 3.73. The van der Waals surface area contributed by atoms with E-state index in [9.17, 15) is 9.59 Å². The third-order valence-corrected chi connectivity index (χ3v) is 3.40. The molecular weight excluding hydrogens is 320 g/mol. The fraction of sp³-hybridized carbons (Fsp3) is 0.125. The number of anilines is 2. The quantitative estimate of drug-likeness (QED) is 0.902. The van der Waals surface area contributed by atoms with E-state index in [0.29, 0.717) is 27.9 Å². The number of rotatable bonds is 4. The lowest BCUT2D eigenvalue weighted by Crippen LogP contribution is -2.25. The van der Waals surface area contributed by atoms with Gasteiger partial charge in [-0.1, -0.05) is 23.7 Å². The Labute approximate surface area is 137 Å². The summed E-state index contributed by atoms with van der Waals surface area (Å²) >= 11 is 5.95. The molecule has 1 heterocycles. The zero-order chi connectivity index (χ0) is 16.2. The molecule has 7 heteroatoms. The number of para-hydroxylation sites is 1. The molecule has 23 heavy (non-hydrogen) atoms. The van der Waals surface area contributed by atoms with Gasteiger partial charge in [0.25, 0.3) is 11.8 Å². The maximum absolute atomic E-state index is 11.9. The van der Waals surface area contributed by atoms with Crippen LogP contribution in [0.3, 0.4) is 0 Å². The zero-order valence-corrected chi connectivity index (χ0v) is 12.7. The van der Waals surface area contributed by atoms with E-state index >= 15 is 0 Å². The molecule has 2 N–H and O–H groups in total. The first-order valence-electron chi connectivity index (χ1n) is 6.86. The molecule has 1 aliphatic rings. The molecule has 0 fully saturated rings. The van der Waals surface area contributed by atoms with Gasteiger partial charge in [-0.15, -0.1) is 0 Å². The Hall–Kier alpha value is -2.73. The van der Waals surface area contributed by atoms with Crippen molar-refractivity contribution >= 4 is 34.8 Å². The van der Waals surface area contributed by atoms with Gasteiger partial charge in [-0.3, -0.25) is 9.59 Å². The number of carbonyl (C=O) groups is 2. The maximum Gasteiger partial charge on any atom is 0.262 e. The molecule has 0 saturated heterocycles. The van der Waals surface area contributed by atoms with E-state index in [2.05, 4.69) is 10.6 Å². The molecule has 2 amide bonds. The van der Waals surface area contributed by atoms with Crippen LogP contribution in [-0.4, -0.2) is 25.0 Å². The summed E-state index contributed by atoms with van der Waals surface area (Å²) in [5.74, 6) is 0.432. The summed E-state index contributed by atoms with van der Waals surface area (Å²) in [5, 5.41) is 5.80. The van der Waals surface area contributed by atoms with Gasteiger partial charge in [0.2, 0.25) is 0 Å². The summed E-state index contributed by atoms with van der Waals surface area (Å²) in [6, 6.07) is 11.9. The van der Waals surface area contributed by atoms with Crippen LogP contribution in [0.2, 0.25) is 5.02 Å². The lowest BCUT2D eigenvalue weighted by atomic mass is 10.2. The van der Waals surface area contributed by atoms with Gasteiger partial charge in [0.1, 0.15) is 11.5 Å². The van der Waals surface area contributed by atoms with Gasteiger partial charge in [-0.2, -0.15) is 0 Å². The highest BCUT2D eigenvalue weighted by Gasteiger charge is 2.16. The van der Waals surface area contributed by atoms with E-state index in [0.717, 1.165) is 0 Å². The Morgan fingerprint density at radius 3 is 2.96 bits per heavy atom. The van der Waals surface area contributed by atoms with Gasteiger partial charge in [0.05, 0.1) is 10.7 Å². The Morgan fingerprint density at radius 2 is 2.13 bits per heavy atom. The number of halogens is 1. The van der Waals surface area contributed by atoms with Gasteiger partial charge >= 0.3 is 0 Å². The molecule has 118 valence electrons. The molecule has 0 unspecified atom stereocenters. The predicted molar refractivity (Wildman–Crippen MR) is 86.1 cm³/mol. The monoisotopic (exact) mass is 332 g/mol. The van der Waals surface area contributed by atoms with Gasteiger partial charge in [-0.25, -0.2) is 0 Å². The van der Waals surface area contributed by atoms with E-state index in [1.807, 2.05) is 0 Å². The second-order valence-electron chi connectivity index (χ2n) is 4.82. The molecular formula is C16H13ClN2O4. The van der Waals surface area contributed by atoms with Gasteiger partial charge in [-0.05, 0) is 30.3 Å².